The van der Waals surface area contributed by atoms with Crippen molar-refractivity contribution in [2.24, 2.45) is 0 Å². The van der Waals surface area contributed by atoms with Crippen LogP contribution >= 0.6 is 0 Å². The molecule has 0 radical (unpaired) electrons. The zero-order valence-electron chi connectivity index (χ0n) is 23.2. The van der Waals surface area contributed by atoms with Crippen molar-refractivity contribution in [3.63, 3.8) is 0 Å². The zero-order valence-corrected chi connectivity index (χ0v) is 25.7. The van der Waals surface area contributed by atoms with E-state index in [4.69, 9.17) is 0 Å². The van der Waals surface area contributed by atoms with Crippen LogP contribution in [0.25, 0.3) is 24.3 Å². The Kier molecular flexibility index (Phi) is 6.73. The maximum absolute atomic E-state index is 2.56. The molecule has 0 N–H and O–H groups in total. The van der Waals surface area contributed by atoms with Gasteiger partial charge in [0.05, 0.1) is 0 Å². The minimum absolute atomic E-state index is 0.525. The maximum atomic E-state index is 2.56. The molecule has 0 nitrogen and oxygen atoms in total. The van der Waals surface area contributed by atoms with Gasteiger partial charge in [0.2, 0.25) is 0 Å². The van der Waals surface area contributed by atoms with Crippen LogP contribution in [0.3, 0.4) is 0 Å². The Bertz CT molecular complexity index is 1590. The number of rotatable bonds is 8. The molecule has 1 heteroatoms. The fourth-order valence-corrected chi connectivity index (χ4v) is 13.5. The van der Waals surface area contributed by atoms with Crippen LogP contribution in [0.1, 0.15) is 81.0 Å². The Labute approximate surface area is 255 Å². The van der Waals surface area contributed by atoms with E-state index in [0.29, 0.717) is 23.7 Å². The van der Waals surface area contributed by atoms with Gasteiger partial charge in [0.1, 0.15) is 0 Å². The van der Waals surface area contributed by atoms with Crippen molar-refractivity contribution in [2.45, 2.75) is 43.8 Å². The average molecular weight is 606 g/mol. The van der Waals surface area contributed by atoms with Crippen LogP contribution < -0.4 is 0 Å². The number of allylic oxidation sites excluding steroid dienone is 4. The third-order valence-electron chi connectivity index (χ3n) is 9.79. The molecule has 8 rings (SSSR count). The number of benzene rings is 4. The SMILES string of the molecule is C1=CC(C[CH]([Zr][CH](CC2C=Cc3ccccc32)C2C=Cc3ccccc32)C2C=Cc3ccccc32)c2ccccc21. The number of hydrogen-bond donors (Lipinski definition) is 0. The molecule has 4 aromatic carbocycles. The molecule has 0 aliphatic heterocycles. The summed E-state index contributed by atoms with van der Waals surface area (Å²) in [6, 6.07) is 36.5. The van der Waals surface area contributed by atoms with Gasteiger partial charge in [-0.3, -0.25) is 0 Å². The summed E-state index contributed by atoms with van der Waals surface area (Å²) in [5, 5.41) is 0. The van der Waals surface area contributed by atoms with Gasteiger partial charge in [-0.25, -0.2) is 0 Å². The van der Waals surface area contributed by atoms with Crippen molar-refractivity contribution in [1.82, 2.24) is 0 Å². The second-order valence-corrected chi connectivity index (χ2v) is 16.5. The summed E-state index contributed by atoms with van der Waals surface area (Å²) in [5.41, 5.74) is 11.9. The Morgan fingerprint density at radius 2 is 0.756 bits per heavy atom. The van der Waals surface area contributed by atoms with E-state index in [2.05, 4.69) is 146 Å². The minimum atomic E-state index is -0.929. The van der Waals surface area contributed by atoms with Crippen molar-refractivity contribution >= 4 is 24.3 Å². The van der Waals surface area contributed by atoms with Crippen LogP contribution in [0.15, 0.2) is 121 Å². The number of hydrogen-bond acceptors (Lipinski definition) is 0. The van der Waals surface area contributed by atoms with Crippen LogP contribution in [-0.4, -0.2) is 0 Å². The molecular weight excluding hydrogens is 572 g/mol. The van der Waals surface area contributed by atoms with E-state index in [1.54, 1.807) is 11.1 Å². The van der Waals surface area contributed by atoms with Gasteiger partial charge in [-0.05, 0) is 0 Å². The summed E-state index contributed by atoms with van der Waals surface area (Å²) in [5.74, 6) is 2.12. The molecule has 0 fully saturated rings. The van der Waals surface area contributed by atoms with Crippen molar-refractivity contribution in [1.29, 1.82) is 0 Å². The molecule has 0 spiro atoms. The number of fused-ring (bicyclic) bond motifs is 4. The first-order valence-electron chi connectivity index (χ1n) is 15.2. The van der Waals surface area contributed by atoms with Crippen LogP contribution in [0, 0.1) is 0 Å². The molecule has 6 unspecified atom stereocenters. The quantitative estimate of drug-likeness (QED) is 0.187. The van der Waals surface area contributed by atoms with E-state index in [0.717, 1.165) is 7.25 Å². The summed E-state index contributed by atoms with van der Waals surface area (Å²) < 4.78 is 1.46. The van der Waals surface area contributed by atoms with Gasteiger partial charge in [0.25, 0.3) is 0 Å². The molecule has 41 heavy (non-hydrogen) atoms. The first-order chi connectivity index (χ1) is 20.3. The summed E-state index contributed by atoms with van der Waals surface area (Å²) in [6.07, 6.45) is 22.2. The van der Waals surface area contributed by atoms with Gasteiger partial charge in [0.15, 0.2) is 0 Å². The average Bonchev–Trinajstić information content (AvgIpc) is 3.81. The molecule has 0 saturated heterocycles. The Hall–Kier alpha value is -3.28. The molecule has 0 heterocycles. The van der Waals surface area contributed by atoms with Crippen LogP contribution in [-0.2, 0) is 23.2 Å². The van der Waals surface area contributed by atoms with Gasteiger partial charge in [-0.2, -0.15) is 0 Å². The summed E-state index contributed by atoms with van der Waals surface area (Å²) in [4.78, 5) is 0. The molecule has 0 saturated carbocycles. The van der Waals surface area contributed by atoms with Gasteiger partial charge < -0.3 is 0 Å². The zero-order chi connectivity index (χ0) is 27.2. The second kappa shape index (κ2) is 10.8. The molecular formula is C40H34Zr. The molecule has 4 aliphatic rings. The molecule has 198 valence electrons. The summed E-state index contributed by atoms with van der Waals surface area (Å²) in [6.45, 7) is 0. The molecule has 0 amide bonds. The van der Waals surface area contributed by atoms with Crippen LogP contribution in [0.5, 0.6) is 0 Å². The third-order valence-corrected chi connectivity index (χ3v) is 14.8. The summed E-state index contributed by atoms with van der Waals surface area (Å²) >= 11 is -0.929. The van der Waals surface area contributed by atoms with E-state index >= 15 is 0 Å². The molecule has 4 aliphatic carbocycles. The van der Waals surface area contributed by atoms with E-state index in [1.807, 2.05) is 0 Å². The Morgan fingerprint density at radius 1 is 0.415 bits per heavy atom. The second-order valence-electron chi connectivity index (χ2n) is 12.1. The molecule has 6 atom stereocenters. The van der Waals surface area contributed by atoms with Crippen molar-refractivity contribution in [3.8, 4) is 0 Å². The van der Waals surface area contributed by atoms with Gasteiger partial charge >= 0.3 is 257 Å². The van der Waals surface area contributed by atoms with Crippen LogP contribution in [0.2, 0.25) is 7.25 Å². The van der Waals surface area contributed by atoms with E-state index in [9.17, 15) is 0 Å². The first-order valence-corrected chi connectivity index (χ1v) is 18.0. The Balaban J connectivity index is 1.16. The Morgan fingerprint density at radius 3 is 1.20 bits per heavy atom. The first kappa shape index (κ1) is 25.4. The van der Waals surface area contributed by atoms with Gasteiger partial charge in [-0.1, -0.05) is 0 Å². The normalized spacial score (nSPS) is 23.7. The van der Waals surface area contributed by atoms with E-state index in [-0.39, 0.29) is 0 Å². The summed E-state index contributed by atoms with van der Waals surface area (Å²) in [7, 11) is 0. The van der Waals surface area contributed by atoms with Crippen molar-refractivity contribution < 1.29 is 23.2 Å². The predicted octanol–water partition coefficient (Wildman–Crippen LogP) is 10.7. The van der Waals surface area contributed by atoms with E-state index < -0.39 is 23.2 Å². The van der Waals surface area contributed by atoms with Gasteiger partial charge in [-0.15, -0.1) is 0 Å². The monoisotopic (exact) mass is 604 g/mol. The molecule has 0 bridgehead atoms. The van der Waals surface area contributed by atoms with E-state index in [1.165, 1.54) is 46.2 Å². The standard InChI is InChI=1S/2C20H17.Zr/c2*1-3-7-19-15(5-1)9-11-17(19)13-14-18-12-10-16-6-2-4-8-20(16)18;/h2*1-13,17-18H,14H2;. The fraction of sp³-hybridized carbons (Fsp3) is 0.200. The predicted molar refractivity (Wildman–Crippen MR) is 170 cm³/mol. The molecule has 0 aromatic heterocycles. The topological polar surface area (TPSA) is 0 Å². The molecule has 4 aromatic rings. The van der Waals surface area contributed by atoms with Gasteiger partial charge in [0, 0.05) is 0 Å². The van der Waals surface area contributed by atoms with Crippen LogP contribution in [0.4, 0.5) is 0 Å². The van der Waals surface area contributed by atoms with Crippen molar-refractivity contribution in [3.05, 3.63) is 166 Å². The van der Waals surface area contributed by atoms with Crippen molar-refractivity contribution in [2.75, 3.05) is 0 Å². The fourth-order valence-electron chi connectivity index (χ4n) is 7.77. The third kappa shape index (κ3) is 4.73.